The second-order valence-corrected chi connectivity index (χ2v) is 7.20. The summed E-state index contributed by atoms with van der Waals surface area (Å²) < 4.78 is 44.0. The van der Waals surface area contributed by atoms with Crippen LogP contribution in [0.15, 0.2) is 66.7 Å². The van der Waals surface area contributed by atoms with Crippen molar-refractivity contribution in [2.45, 2.75) is 32.4 Å². The van der Waals surface area contributed by atoms with Crippen LogP contribution in [0.25, 0.3) is 11.6 Å². The van der Waals surface area contributed by atoms with E-state index in [4.69, 9.17) is 4.74 Å². The van der Waals surface area contributed by atoms with E-state index in [1.165, 1.54) is 11.6 Å². The molecule has 0 radical (unpaired) electrons. The Bertz CT molecular complexity index is 1150. The number of fused-ring (bicyclic) bond motifs is 2. The molecule has 0 unspecified atom stereocenters. The molecule has 0 saturated carbocycles. The van der Waals surface area contributed by atoms with Gasteiger partial charge in [-0.25, -0.2) is 0 Å². The Morgan fingerprint density at radius 3 is 2.37 bits per heavy atom. The maximum atomic E-state index is 12.6. The van der Waals surface area contributed by atoms with E-state index >= 15 is 0 Å². The van der Waals surface area contributed by atoms with Crippen molar-refractivity contribution in [2.75, 3.05) is 0 Å². The fourth-order valence-electron chi connectivity index (χ4n) is 3.67. The van der Waals surface area contributed by atoms with Crippen molar-refractivity contribution in [3.63, 3.8) is 0 Å². The number of rotatable bonds is 4. The highest BCUT2D eigenvalue weighted by atomic mass is 35.5. The van der Waals surface area contributed by atoms with Gasteiger partial charge in [0.1, 0.15) is 11.5 Å². The summed E-state index contributed by atoms with van der Waals surface area (Å²) in [6.45, 7) is 2.12. The van der Waals surface area contributed by atoms with Crippen LogP contribution in [0, 0.1) is 0 Å². The lowest BCUT2D eigenvalue weighted by Gasteiger charge is -2.22. The molecular weight excluding hydrogens is 409 g/mol. The van der Waals surface area contributed by atoms with Crippen LogP contribution < -0.4 is 27.6 Å². The molecule has 0 aromatic heterocycles. The lowest BCUT2D eigenvalue weighted by atomic mass is 9.91. The highest BCUT2D eigenvalue weighted by Crippen LogP contribution is 2.36. The van der Waals surface area contributed by atoms with Gasteiger partial charge in [-0.1, -0.05) is 68.0 Å². The fraction of sp³-hybridized carbons (Fsp3) is 0.200. The van der Waals surface area contributed by atoms with Gasteiger partial charge in [0.15, 0.2) is 0 Å². The quantitative estimate of drug-likeness (QED) is 0.485. The molecule has 3 aromatic rings. The van der Waals surface area contributed by atoms with Crippen molar-refractivity contribution >= 4 is 11.6 Å². The van der Waals surface area contributed by atoms with Crippen molar-refractivity contribution in [1.82, 2.24) is 0 Å². The van der Waals surface area contributed by atoms with Gasteiger partial charge in [-0.15, -0.1) is 0 Å². The molecule has 1 nitrogen and oxygen atoms in total. The van der Waals surface area contributed by atoms with E-state index in [2.05, 4.69) is 19.1 Å². The number of hydrogen-bond acceptors (Lipinski definition) is 1. The van der Waals surface area contributed by atoms with Crippen LogP contribution in [0.1, 0.15) is 36.5 Å². The van der Waals surface area contributed by atoms with Crippen molar-refractivity contribution in [3.05, 3.63) is 93.9 Å². The van der Waals surface area contributed by atoms with E-state index in [0.717, 1.165) is 40.5 Å². The van der Waals surface area contributed by atoms with E-state index in [1.807, 2.05) is 42.5 Å². The van der Waals surface area contributed by atoms with Crippen molar-refractivity contribution in [1.29, 1.82) is 0 Å². The van der Waals surface area contributed by atoms with E-state index in [9.17, 15) is 13.2 Å². The van der Waals surface area contributed by atoms with Gasteiger partial charge in [0.2, 0.25) is 0 Å². The number of hydrogen-bond donors (Lipinski definition) is 0. The largest absolute Gasteiger partial charge is 1.00 e. The Balaban J connectivity index is 0.00000256. The van der Waals surface area contributed by atoms with E-state index in [1.54, 1.807) is 12.1 Å². The summed E-state index contributed by atoms with van der Waals surface area (Å²) in [5.74, 6) is 1.33. The minimum atomic E-state index is -4.22. The first-order valence-corrected chi connectivity index (χ1v) is 9.72. The Hall–Kier alpha value is -2.72. The van der Waals surface area contributed by atoms with Crippen LogP contribution >= 0.6 is 0 Å². The highest BCUT2D eigenvalue weighted by molar-refractivity contribution is 5.85. The molecule has 0 saturated heterocycles. The minimum Gasteiger partial charge on any atom is -1.00 e. The third-order valence-corrected chi connectivity index (χ3v) is 4.98. The molecule has 1 heterocycles. The Labute approximate surface area is 179 Å². The lowest BCUT2D eigenvalue weighted by molar-refractivity contribution is -0.122. The molecule has 156 valence electrons. The number of ether oxygens (including phenoxy) is 1. The maximum Gasteiger partial charge on any atom is 0.392 e. The van der Waals surface area contributed by atoms with Crippen LogP contribution in [0.5, 0.6) is 11.5 Å². The van der Waals surface area contributed by atoms with Gasteiger partial charge in [0.25, 0.3) is 0 Å². The molecule has 0 amide bonds. The predicted molar refractivity (Wildman–Crippen MR) is 109 cm³/mol. The number of aryl methyl sites for hydroxylation is 1. The normalized spacial score (nSPS) is 13.2. The number of halogens is 4. The number of benzene rings is 3. The van der Waals surface area contributed by atoms with Gasteiger partial charge >= 0.3 is 6.18 Å². The van der Waals surface area contributed by atoms with Gasteiger partial charge in [-0.3, -0.25) is 0 Å². The fourth-order valence-corrected chi connectivity index (χ4v) is 3.67. The lowest BCUT2D eigenvalue weighted by Crippen LogP contribution is -3.00. The van der Waals surface area contributed by atoms with Gasteiger partial charge in [0.05, 0.1) is 6.42 Å². The summed E-state index contributed by atoms with van der Waals surface area (Å²) in [7, 11) is 0. The zero-order chi connectivity index (χ0) is 20.4. The third-order valence-electron chi connectivity index (χ3n) is 4.98. The standard InChI is InChI=1S/C25H21F3O.ClH/c1-2-6-17-9-11-20-22(15-17)29-23-16-18(13-14-25(26,27)28)10-12-21(23)24(20)19-7-4-3-5-8-19;/h3-5,7-13,15-16H,2,6,14H2,1H3;1H/p-1/b18-13+;. The summed E-state index contributed by atoms with van der Waals surface area (Å²) in [6, 6.07) is 21.5. The third kappa shape index (κ3) is 4.71. The maximum absolute atomic E-state index is 12.6. The van der Waals surface area contributed by atoms with Crippen LogP contribution in [0.2, 0.25) is 0 Å². The van der Waals surface area contributed by atoms with Crippen LogP contribution in [-0.2, 0) is 6.42 Å². The zero-order valence-electron chi connectivity index (χ0n) is 16.5. The molecule has 0 bridgehead atoms. The molecule has 0 spiro atoms. The molecule has 4 rings (SSSR count). The van der Waals surface area contributed by atoms with Crippen molar-refractivity contribution < 1.29 is 30.3 Å². The molecule has 1 aliphatic heterocycles. The van der Waals surface area contributed by atoms with Crippen molar-refractivity contribution in [3.8, 4) is 11.5 Å². The predicted octanol–water partition coefficient (Wildman–Crippen LogP) is 2.73. The van der Waals surface area contributed by atoms with Crippen LogP contribution in [-0.4, -0.2) is 6.18 Å². The van der Waals surface area contributed by atoms with Gasteiger partial charge in [0, 0.05) is 16.4 Å². The Morgan fingerprint density at radius 1 is 0.900 bits per heavy atom. The average molecular weight is 430 g/mol. The summed E-state index contributed by atoms with van der Waals surface area (Å²) in [5, 5.41) is 1.39. The summed E-state index contributed by atoms with van der Waals surface area (Å²) in [5.41, 5.74) is 4.26. The van der Waals surface area contributed by atoms with Gasteiger partial charge < -0.3 is 17.1 Å². The molecule has 0 fully saturated rings. The van der Waals surface area contributed by atoms with E-state index in [-0.39, 0.29) is 12.4 Å². The summed E-state index contributed by atoms with van der Waals surface area (Å²) in [4.78, 5) is 0. The second kappa shape index (κ2) is 8.97. The van der Waals surface area contributed by atoms with E-state index in [0.29, 0.717) is 11.0 Å². The smallest absolute Gasteiger partial charge is 0.392 e. The Kier molecular flexibility index (Phi) is 6.57. The molecule has 0 atom stereocenters. The summed E-state index contributed by atoms with van der Waals surface area (Å²) >= 11 is 0. The first-order valence-electron chi connectivity index (χ1n) is 9.72. The molecular formula is C25H21ClF3O-. The first-order chi connectivity index (χ1) is 13.9. The molecule has 30 heavy (non-hydrogen) atoms. The topological polar surface area (TPSA) is 9.23 Å². The van der Waals surface area contributed by atoms with Crippen LogP contribution in [0.3, 0.4) is 0 Å². The number of alkyl halides is 3. The molecule has 5 heteroatoms. The zero-order valence-corrected chi connectivity index (χ0v) is 17.2. The molecule has 0 aliphatic carbocycles. The van der Waals surface area contributed by atoms with Gasteiger partial charge in [-0.2, -0.15) is 13.2 Å². The minimum absolute atomic E-state index is 0. The molecule has 1 aliphatic rings. The first kappa shape index (κ1) is 22.0. The van der Waals surface area contributed by atoms with Gasteiger partial charge in [-0.05, 0) is 41.0 Å². The molecule has 3 aromatic carbocycles. The van der Waals surface area contributed by atoms with Crippen molar-refractivity contribution in [2.24, 2.45) is 0 Å². The van der Waals surface area contributed by atoms with Crippen LogP contribution in [0.4, 0.5) is 13.2 Å². The average Bonchev–Trinajstić information content (AvgIpc) is 2.70. The highest BCUT2D eigenvalue weighted by Gasteiger charge is 2.25. The monoisotopic (exact) mass is 429 g/mol. The second-order valence-electron chi connectivity index (χ2n) is 7.20. The SMILES string of the molecule is CCCc1ccc2c(c1)Oc1c/c(=C/CC(F)(F)F)ccc1=C2c1ccccc1.[Cl-]. The van der Waals surface area contributed by atoms with E-state index < -0.39 is 12.6 Å². The Morgan fingerprint density at radius 2 is 1.67 bits per heavy atom. The summed E-state index contributed by atoms with van der Waals surface area (Å²) in [6.07, 6.45) is -2.02. The molecule has 0 N–H and O–H groups in total.